The van der Waals surface area contributed by atoms with E-state index in [1.54, 1.807) is 0 Å². The SMILES string of the molecule is CCOc1nc(N)nc(N(C)C(C)c2ccc(Cl)cc2)n1. The lowest BCUT2D eigenvalue weighted by molar-refractivity contribution is 0.312. The molecule has 0 aliphatic carbocycles. The summed E-state index contributed by atoms with van der Waals surface area (Å²) in [6.45, 7) is 4.38. The highest BCUT2D eigenvalue weighted by molar-refractivity contribution is 6.30. The Labute approximate surface area is 128 Å². The number of halogens is 1. The lowest BCUT2D eigenvalue weighted by atomic mass is 10.1. The van der Waals surface area contributed by atoms with Crippen molar-refractivity contribution in [3.05, 3.63) is 34.9 Å². The summed E-state index contributed by atoms with van der Waals surface area (Å²) in [5.74, 6) is 0.604. The first-order valence-electron chi connectivity index (χ1n) is 6.64. The number of benzene rings is 1. The van der Waals surface area contributed by atoms with Crippen molar-refractivity contribution < 1.29 is 4.74 Å². The van der Waals surface area contributed by atoms with Crippen molar-refractivity contribution in [2.24, 2.45) is 0 Å². The lowest BCUT2D eigenvalue weighted by Crippen LogP contribution is -2.24. The van der Waals surface area contributed by atoms with Gasteiger partial charge in [0.15, 0.2) is 0 Å². The molecule has 1 aromatic carbocycles. The van der Waals surface area contributed by atoms with Gasteiger partial charge in [0.25, 0.3) is 0 Å². The Kier molecular flexibility index (Phi) is 4.80. The van der Waals surface area contributed by atoms with Gasteiger partial charge in [-0.05, 0) is 31.5 Å². The van der Waals surface area contributed by atoms with Gasteiger partial charge in [0, 0.05) is 12.1 Å². The number of nitrogens with zero attached hydrogens (tertiary/aromatic N) is 4. The molecule has 2 aromatic rings. The summed E-state index contributed by atoms with van der Waals surface area (Å²) in [6, 6.07) is 7.94. The molecule has 1 atom stereocenters. The second kappa shape index (κ2) is 6.58. The molecule has 0 aliphatic rings. The third-order valence-electron chi connectivity index (χ3n) is 3.14. The van der Waals surface area contributed by atoms with Crippen LogP contribution in [0.25, 0.3) is 0 Å². The topological polar surface area (TPSA) is 77.2 Å². The fourth-order valence-electron chi connectivity index (χ4n) is 1.85. The van der Waals surface area contributed by atoms with Crippen molar-refractivity contribution >= 4 is 23.5 Å². The highest BCUT2D eigenvalue weighted by Crippen LogP contribution is 2.25. The Morgan fingerprint density at radius 2 is 1.90 bits per heavy atom. The second-order valence-electron chi connectivity index (χ2n) is 4.55. The molecule has 7 heteroatoms. The second-order valence-corrected chi connectivity index (χ2v) is 4.98. The van der Waals surface area contributed by atoms with E-state index >= 15 is 0 Å². The van der Waals surface area contributed by atoms with Gasteiger partial charge in [0.05, 0.1) is 12.6 Å². The van der Waals surface area contributed by atoms with E-state index in [1.165, 1.54) is 0 Å². The van der Waals surface area contributed by atoms with E-state index in [2.05, 4.69) is 15.0 Å². The standard InChI is InChI=1S/C14H18ClN5O/c1-4-21-14-18-12(16)17-13(19-14)20(3)9(2)10-5-7-11(15)8-6-10/h5-9H,4H2,1-3H3,(H2,16,17,18,19). The minimum atomic E-state index is 0.0542. The Hall–Kier alpha value is -2.08. The van der Waals surface area contributed by atoms with E-state index in [9.17, 15) is 0 Å². The minimum Gasteiger partial charge on any atom is -0.464 e. The fourth-order valence-corrected chi connectivity index (χ4v) is 1.98. The zero-order chi connectivity index (χ0) is 15.4. The van der Waals surface area contributed by atoms with E-state index in [0.717, 1.165) is 5.56 Å². The third kappa shape index (κ3) is 3.72. The molecule has 1 heterocycles. The third-order valence-corrected chi connectivity index (χ3v) is 3.39. The smallest absolute Gasteiger partial charge is 0.323 e. The summed E-state index contributed by atoms with van der Waals surface area (Å²) in [6.07, 6.45) is 0. The van der Waals surface area contributed by atoms with Gasteiger partial charge < -0.3 is 15.4 Å². The molecule has 0 radical (unpaired) electrons. The summed E-state index contributed by atoms with van der Waals surface area (Å²) >= 11 is 5.91. The van der Waals surface area contributed by atoms with Gasteiger partial charge in [0.1, 0.15) is 0 Å². The molecule has 2 rings (SSSR count). The van der Waals surface area contributed by atoms with Crippen LogP contribution >= 0.6 is 11.6 Å². The molecule has 0 saturated heterocycles. The molecule has 0 fully saturated rings. The van der Waals surface area contributed by atoms with Crippen LogP contribution in [0.15, 0.2) is 24.3 Å². The maximum absolute atomic E-state index is 5.91. The molecule has 1 aromatic heterocycles. The van der Waals surface area contributed by atoms with Crippen molar-refractivity contribution in [1.29, 1.82) is 0 Å². The molecular formula is C14H18ClN5O. The number of hydrogen-bond acceptors (Lipinski definition) is 6. The van der Waals surface area contributed by atoms with Crippen molar-refractivity contribution in [3.8, 4) is 6.01 Å². The van der Waals surface area contributed by atoms with Crippen molar-refractivity contribution in [1.82, 2.24) is 15.0 Å². The Morgan fingerprint density at radius 3 is 2.52 bits per heavy atom. The monoisotopic (exact) mass is 307 g/mol. The van der Waals surface area contributed by atoms with Gasteiger partial charge in [0.2, 0.25) is 11.9 Å². The van der Waals surface area contributed by atoms with Crippen LogP contribution in [-0.2, 0) is 0 Å². The first-order chi connectivity index (χ1) is 10.0. The van der Waals surface area contributed by atoms with Crippen LogP contribution in [0.1, 0.15) is 25.5 Å². The Bertz CT molecular complexity index is 605. The first kappa shape index (κ1) is 15.3. The van der Waals surface area contributed by atoms with E-state index in [-0.39, 0.29) is 18.0 Å². The first-order valence-corrected chi connectivity index (χ1v) is 7.01. The van der Waals surface area contributed by atoms with Crippen LogP contribution in [-0.4, -0.2) is 28.6 Å². The number of nitrogens with two attached hydrogens (primary N) is 1. The van der Waals surface area contributed by atoms with Gasteiger partial charge in [-0.3, -0.25) is 0 Å². The quantitative estimate of drug-likeness (QED) is 0.915. The molecule has 0 amide bonds. The molecule has 21 heavy (non-hydrogen) atoms. The predicted octanol–water partition coefficient (Wildman–Crippen LogP) is 2.70. The highest BCUT2D eigenvalue weighted by atomic mass is 35.5. The molecule has 0 saturated carbocycles. The van der Waals surface area contributed by atoms with Gasteiger partial charge in [-0.25, -0.2) is 0 Å². The molecular weight excluding hydrogens is 290 g/mol. The maximum atomic E-state index is 5.91. The molecule has 112 valence electrons. The van der Waals surface area contributed by atoms with E-state index in [4.69, 9.17) is 22.1 Å². The largest absolute Gasteiger partial charge is 0.464 e. The van der Waals surface area contributed by atoms with Crippen LogP contribution in [0, 0.1) is 0 Å². The van der Waals surface area contributed by atoms with E-state index < -0.39 is 0 Å². The normalized spacial score (nSPS) is 12.0. The summed E-state index contributed by atoms with van der Waals surface area (Å²) < 4.78 is 5.29. The molecule has 6 nitrogen and oxygen atoms in total. The summed E-state index contributed by atoms with van der Waals surface area (Å²) in [5.41, 5.74) is 6.80. The molecule has 2 N–H and O–H groups in total. The van der Waals surface area contributed by atoms with Gasteiger partial charge in [-0.15, -0.1) is 0 Å². The maximum Gasteiger partial charge on any atom is 0.323 e. The number of aromatic nitrogens is 3. The van der Waals surface area contributed by atoms with Gasteiger partial charge in [-0.2, -0.15) is 15.0 Å². The summed E-state index contributed by atoms with van der Waals surface area (Å²) in [4.78, 5) is 14.3. The molecule has 0 aliphatic heterocycles. The number of nitrogen functional groups attached to an aromatic ring is 1. The van der Waals surface area contributed by atoms with Crippen LogP contribution in [0.3, 0.4) is 0 Å². The average molecular weight is 308 g/mol. The summed E-state index contributed by atoms with van der Waals surface area (Å²) in [5, 5.41) is 0.705. The fraction of sp³-hybridized carbons (Fsp3) is 0.357. The van der Waals surface area contributed by atoms with Gasteiger partial charge in [-0.1, -0.05) is 23.7 Å². The molecule has 0 bridgehead atoms. The number of ether oxygens (including phenoxy) is 1. The zero-order valence-corrected chi connectivity index (χ0v) is 13.0. The van der Waals surface area contributed by atoms with Crippen LogP contribution in [0.5, 0.6) is 6.01 Å². The zero-order valence-electron chi connectivity index (χ0n) is 12.2. The van der Waals surface area contributed by atoms with Crippen molar-refractivity contribution in [2.45, 2.75) is 19.9 Å². The number of anilines is 2. The molecule has 1 unspecified atom stereocenters. The van der Waals surface area contributed by atoms with Crippen LogP contribution < -0.4 is 15.4 Å². The molecule has 0 spiro atoms. The van der Waals surface area contributed by atoms with Gasteiger partial charge >= 0.3 is 6.01 Å². The average Bonchev–Trinajstić information content (AvgIpc) is 2.46. The lowest BCUT2D eigenvalue weighted by Gasteiger charge is -2.25. The van der Waals surface area contributed by atoms with Crippen LogP contribution in [0.4, 0.5) is 11.9 Å². The summed E-state index contributed by atoms with van der Waals surface area (Å²) in [7, 11) is 1.89. The number of hydrogen-bond donors (Lipinski definition) is 1. The predicted molar refractivity (Wildman–Crippen MR) is 83.7 cm³/mol. The highest BCUT2D eigenvalue weighted by Gasteiger charge is 2.17. The Morgan fingerprint density at radius 1 is 1.24 bits per heavy atom. The van der Waals surface area contributed by atoms with Crippen LogP contribution in [0.2, 0.25) is 5.02 Å². The van der Waals surface area contributed by atoms with Crippen molar-refractivity contribution in [2.75, 3.05) is 24.3 Å². The van der Waals surface area contributed by atoms with E-state index in [0.29, 0.717) is 17.6 Å². The van der Waals surface area contributed by atoms with Crippen molar-refractivity contribution in [3.63, 3.8) is 0 Å². The number of rotatable bonds is 5. The minimum absolute atomic E-state index is 0.0542. The Balaban J connectivity index is 2.26. The van der Waals surface area contributed by atoms with E-state index in [1.807, 2.05) is 50.1 Å².